The summed E-state index contributed by atoms with van der Waals surface area (Å²) in [5.74, 6) is -0.0187. The summed E-state index contributed by atoms with van der Waals surface area (Å²) in [4.78, 5) is 25.5. The lowest BCUT2D eigenvalue weighted by Gasteiger charge is -2.47. The lowest BCUT2D eigenvalue weighted by molar-refractivity contribution is -0.158. The SMILES string of the molecule is Cc1cccc(C(=O)NCC(=O)N2CC(O)(C3CC3)C2)c1. The zero-order valence-electron chi connectivity index (χ0n) is 12.1. The number of carbonyl (C=O) groups excluding carboxylic acids is 2. The number of benzene rings is 1. The molecule has 5 heteroatoms. The summed E-state index contributed by atoms with van der Waals surface area (Å²) in [5, 5.41) is 12.8. The van der Waals surface area contributed by atoms with Gasteiger partial charge in [0.15, 0.2) is 0 Å². The van der Waals surface area contributed by atoms with Crippen LogP contribution in [-0.4, -0.2) is 47.1 Å². The van der Waals surface area contributed by atoms with Crippen molar-refractivity contribution in [3.05, 3.63) is 35.4 Å². The summed E-state index contributed by atoms with van der Waals surface area (Å²) < 4.78 is 0. The van der Waals surface area contributed by atoms with Gasteiger partial charge >= 0.3 is 0 Å². The fourth-order valence-corrected chi connectivity index (χ4v) is 2.83. The quantitative estimate of drug-likeness (QED) is 0.857. The lowest BCUT2D eigenvalue weighted by atomic mass is 9.89. The van der Waals surface area contributed by atoms with Crippen molar-refractivity contribution in [2.24, 2.45) is 5.92 Å². The second-order valence-electron chi connectivity index (χ2n) is 6.18. The minimum atomic E-state index is -0.670. The van der Waals surface area contributed by atoms with Gasteiger partial charge in [0.25, 0.3) is 5.91 Å². The molecule has 1 aromatic carbocycles. The molecule has 1 aliphatic heterocycles. The minimum Gasteiger partial charge on any atom is -0.386 e. The Kier molecular flexibility index (Phi) is 3.45. The van der Waals surface area contributed by atoms with E-state index in [1.807, 2.05) is 19.1 Å². The molecule has 0 aromatic heterocycles. The topological polar surface area (TPSA) is 69.6 Å². The van der Waals surface area contributed by atoms with E-state index in [-0.39, 0.29) is 18.4 Å². The van der Waals surface area contributed by atoms with Crippen molar-refractivity contribution < 1.29 is 14.7 Å². The third kappa shape index (κ3) is 2.93. The van der Waals surface area contributed by atoms with E-state index >= 15 is 0 Å². The highest BCUT2D eigenvalue weighted by Crippen LogP contribution is 2.44. The molecule has 0 unspecified atom stereocenters. The molecule has 0 atom stereocenters. The Morgan fingerprint density at radius 1 is 1.38 bits per heavy atom. The molecule has 5 nitrogen and oxygen atoms in total. The maximum absolute atomic E-state index is 12.0. The molecule has 21 heavy (non-hydrogen) atoms. The van der Waals surface area contributed by atoms with Gasteiger partial charge in [0.05, 0.1) is 19.6 Å². The molecule has 2 fully saturated rings. The van der Waals surface area contributed by atoms with E-state index in [1.165, 1.54) is 0 Å². The van der Waals surface area contributed by atoms with Gasteiger partial charge in [-0.05, 0) is 37.8 Å². The van der Waals surface area contributed by atoms with Gasteiger partial charge in [-0.3, -0.25) is 9.59 Å². The first-order chi connectivity index (χ1) is 9.98. The molecule has 112 valence electrons. The van der Waals surface area contributed by atoms with Crippen molar-refractivity contribution in [2.75, 3.05) is 19.6 Å². The second-order valence-corrected chi connectivity index (χ2v) is 6.18. The van der Waals surface area contributed by atoms with E-state index in [1.54, 1.807) is 17.0 Å². The van der Waals surface area contributed by atoms with Gasteiger partial charge in [0, 0.05) is 5.56 Å². The number of aryl methyl sites for hydroxylation is 1. The van der Waals surface area contributed by atoms with Gasteiger partial charge in [-0.15, -0.1) is 0 Å². The molecule has 1 saturated heterocycles. The van der Waals surface area contributed by atoms with Crippen LogP contribution in [0.4, 0.5) is 0 Å². The lowest BCUT2D eigenvalue weighted by Crippen LogP contribution is -2.65. The number of nitrogens with one attached hydrogen (secondary N) is 1. The van der Waals surface area contributed by atoms with Gasteiger partial charge in [0.1, 0.15) is 5.60 Å². The van der Waals surface area contributed by atoms with E-state index in [4.69, 9.17) is 0 Å². The van der Waals surface area contributed by atoms with Crippen molar-refractivity contribution in [3.63, 3.8) is 0 Å². The van der Waals surface area contributed by atoms with Gasteiger partial charge < -0.3 is 15.3 Å². The summed E-state index contributed by atoms with van der Waals surface area (Å²) in [6.07, 6.45) is 2.12. The summed E-state index contributed by atoms with van der Waals surface area (Å²) >= 11 is 0. The maximum atomic E-state index is 12.0. The first kappa shape index (κ1) is 14.1. The summed E-state index contributed by atoms with van der Waals surface area (Å²) in [6, 6.07) is 7.25. The molecule has 1 aromatic rings. The van der Waals surface area contributed by atoms with E-state index < -0.39 is 5.60 Å². The molecule has 1 aliphatic carbocycles. The Morgan fingerprint density at radius 3 is 2.71 bits per heavy atom. The van der Waals surface area contributed by atoms with Gasteiger partial charge in [-0.2, -0.15) is 0 Å². The monoisotopic (exact) mass is 288 g/mol. The molecule has 0 radical (unpaired) electrons. The molecule has 2 N–H and O–H groups in total. The average molecular weight is 288 g/mol. The number of nitrogens with zero attached hydrogens (tertiary/aromatic N) is 1. The standard InChI is InChI=1S/C16H20N2O3/c1-11-3-2-4-12(7-11)15(20)17-8-14(19)18-9-16(21,10-18)13-5-6-13/h2-4,7,13,21H,5-6,8-10H2,1H3,(H,17,20). The third-order valence-electron chi connectivity index (χ3n) is 4.30. The van der Waals surface area contributed by atoms with E-state index in [0.29, 0.717) is 24.6 Å². The zero-order valence-corrected chi connectivity index (χ0v) is 12.1. The molecular weight excluding hydrogens is 268 g/mol. The van der Waals surface area contributed by atoms with Crippen LogP contribution in [0.15, 0.2) is 24.3 Å². The fraction of sp³-hybridized carbons (Fsp3) is 0.500. The fourth-order valence-electron chi connectivity index (χ4n) is 2.83. The van der Waals surface area contributed by atoms with Crippen LogP contribution in [0.2, 0.25) is 0 Å². The van der Waals surface area contributed by atoms with Crippen molar-refractivity contribution >= 4 is 11.8 Å². The second kappa shape index (κ2) is 5.15. The van der Waals surface area contributed by atoms with Crippen molar-refractivity contribution in [1.82, 2.24) is 10.2 Å². The number of hydrogen-bond acceptors (Lipinski definition) is 3. The molecule has 1 saturated carbocycles. The highest BCUT2D eigenvalue weighted by Gasteiger charge is 2.53. The Labute approximate surface area is 123 Å². The van der Waals surface area contributed by atoms with Gasteiger partial charge in [-0.1, -0.05) is 17.7 Å². The normalized spacial score (nSPS) is 19.8. The Balaban J connectivity index is 1.47. The number of likely N-dealkylation sites (tertiary alicyclic amines) is 1. The molecule has 0 bridgehead atoms. The number of amides is 2. The number of aliphatic hydroxyl groups is 1. The van der Waals surface area contributed by atoms with Crippen LogP contribution < -0.4 is 5.32 Å². The van der Waals surface area contributed by atoms with Crippen LogP contribution in [0.1, 0.15) is 28.8 Å². The first-order valence-electron chi connectivity index (χ1n) is 7.33. The Hall–Kier alpha value is -1.88. The molecule has 3 rings (SSSR count). The zero-order chi connectivity index (χ0) is 15.0. The van der Waals surface area contributed by atoms with Crippen molar-refractivity contribution in [3.8, 4) is 0 Å². The van der Waals surface area contributed by atoms with Crippen molar-refractivity contribution in [1.29, 1.82) is 0 Å². The van der Waals surface area contributed by atoms with E-state index in [9.17, 15) is 14.7 Å². The number of β-amino-alcohol motifs (C(OH)–C–C–N with tert-alkyl or cyclic N) is 1. The predicted molar refractivity (Wildman–Crippen MR) is 77.8 cm³/mol. The molecule has 2 amide bonds. The van der Waals surface area contributed by atoms with Crippen LogP contribution >= 0.6 is 0 Å². The average Bonchev–Trinajstić information content (AvgIpc) is 3.25. The highest BCUT2D eigenvalue weighted by molar-refractivity contribution is 5.96. The summed E-state index contributed by atoms with van der Waals surface area (Å²) in [7, 11) is 0. The maximum Gasteiger partial charge on any atom is 0.251 e. The summed E-state index contributed by atoms with van der Waals surface area (Å²) in [6.45, 7) is 2.70. The molecule has 1 heterocycles. The largest absolute Gasteiger partial charge is 0.386 e. The van der Waals surface area contributed by atoms with E-state index in [2.05, 4.69) is 5.32 Å². The molecular formula is C16H20N2O3. The van der Waals surface area contributed by atoms with Crippen LogP contribution in [0.5, 0.6) is 0 Å². The van der Waals surface area contributed by atoms with Crippen LogP contribution in [0.3, 0.4) is 0 Å². The predicted octanol–water partition coefficient (Wildman–Crippen LogP) is 0.708. The van der Waals surface area contributed by atoms with Crippen LogP contribution in [0.25, 0.3) is 0 Å². The van der Waals surface area contributed by atoms with Gasteiger partial charge in [-0.25, -0.2) is 0 Å². The van der Waals surface area contributed by atoms with Crippen molar-refractivity contribution in [2.45, 2.75) is 25.4 Å². The Morgan fingerprint density at radius 2 is 2.10 bits per heavy atom. The van der Waals surface area contributed by atoms with Crippen LogP contribution in [-0.2, 0) is 4.79 Å². The van der Waals surface area contributed by atoms with E-state index in [0.717, 1.165) is 18.4 Å². The summed E-state index contributed by atoms with van der Waals surface area (Å²) in [5.41, 5.74) is 0.892. The Bertz CT molecular complexity index is 575. The smallest absolute Gasteiger partial charge is 0.251 e. The number of hydrogen-bond donors (Lipinski definition) is 2. The first-order valence-corrected chi connectivity index (χ1v) is 7.33. The minimum absolute atomic E-state index is 0.0203. The van der Waals surface area contributed by atoms with Crippen LogP contribution in [0, 0.1) is 12.8 Å². The number of carbonyl (C=O) groups is 2. The third-order valence-corrected chi connectivity index (χ3v) is 4.30. The molecule has 0 spiro atoms. The molecule has 2 aliphatic rings. The highest BCUT2D eigenvalue weighted by atomic mass is 16.3. The number of rotatable bonds is 4. The van der Waals surface area contributed by atoms with Gasteiger partial charge in [0.2, 0.25) is 5.91 Å².